The number of nitrogens with zero attached hydrogens (tertiary/aromatic N) is 4. The van der Waals surface area contributed by atoms with Crippen LogP contribution in [-0.4, -0.2) is 53.3 Å². The fourth-order valence-electron chi connectivity index (χ4n) is 3.81. The smallest absolute Gasteiger partial charge is 0.246 e. The first-order valence-electron chi connectivity index (χ1n) is 10.6. The van der Waals surface area contributed by atoms with E-state index in [1.165, 1.54) is 15.6 Å². The number of hydrogen-bond donors (Lipinski definition) is 0. The van der Waals surface area contributed by atoms with Gasteiger partial charge in [-0.1, -0.05) is 28.9 Å². The number of carbonyl (C=O) groups is 1. The number of piperidine rings is 1. The van der Waals surface area contributed by atoms with E-state index >= 15 is 0 Å². The van der Waals surface area contributed by atoms with Gasteiger partial charge in [0, 0.05) is 19.6 Å². The summed E-state index contributed by atoms with van der Waals surface area (Å²) in [4.78, 5) is 20.5. The van der Waals surface area contributed by atoms with Crippen molar-refractivity contribution < 1.29 is 17.7 Å². The number of carbonyl (C=O) groups excluding carboxylic acids is 1. The molecule has 1 aliphatic rings. The van der Waals surface area contributed by atoms with Crippen molar-refractivity contribution in [3.05, 3.63) is 53.2 Å². The van der Waals surface area contributed by atoms with Crippen LogP contribution in [0.4, 0.5) is 0 Å². The molecule has 1 aliphatic heterocycles. The molecule has 8 nitrogen and oxygen atoms in total. The summed E-state index contributed by atoms with van der Waals surface area (Å²) < 4.78 is 32.9. The van der Waals surface area contributed by atoms with Gasteiger partial charge in [-0.2, -0.15) is 9.29 Å². The van der Waals surface area contributed by atoms with Gasteiger partial charge in [-0.25, -0.2) is 8.42 Å². The number of aromatic nitrogens is 2. The highest BCUT2D eigenvalue weighted by Gasteiger charge is 2.35. The quantitative estimate of drug-likeness (QED) is 0.520. The molecule has 170 valence electrons. The van der Waals surface area contributed by atoms with E-state index in [1.54, 1.807) is 29.2 Å². The number of benzene rings is 1. The van der Waals surface area contributed by atoms with Crippen LogP contribution in [-0.2, 0) is 21.4 Å². The Bertz CT molecular complexity index is 1160. The van der Waals surface area contributed by atoms with Gasteiger partial charge in [0.1, 0.15) is 0 Å². The van der Waals surface area contributed by atoms with E-state index < -0.39 is 15.9 Å². The third-order valence-corrected chi connectivity index (χ3v) is 8.37. The lowest BCUT2D eigenvalue weighted by Crippen LogP contribution is -2.46. The molecule has 0 aliphatic carbocycles. The summed E-state index contributed by atoms with van der Waals surface area (Å²) in [7, 11) is -3.64. The van der Waals surface area contributed by atoms with Crippen molar-refractivity contribution in [3.63, 3.8) is 0 Å². The molecular weight excluding hydrogens is 448 g/mol. The van der Waals surface area contributed by atoms with E-state index in [2.05, 4.69) is 10.1 Å². The lowest BCUT2D eigenvalue weighted by atomic mass is 9.98. The number of rotatable bonds is 7. The molecule has 0 unspecified atom stereocenters. The predicted molar refractivity (Wildman–Crippen MR) is 121 cm³/mol. The maximum absolute atomic E-state index is 13.2. The van der Waals surface area contributed by atoms with E-state index in [1.807, 2.05) is 31.4 Å². The molecule has 3 heterocycles. The maximum atomic E-state index is 13.2. The summed E-state index contributed by atoms with van der Waals surface area (Å²) in [5.74, 6) is 0.380. The second-order valence-corrected chi connectivity index (χ2v) is 10.7. The summed E-state index contributed by atoms with van der Waals surface area (Å²) in [6.45, 7) is 5.07. The van der Waals surface area contributed by atoms with Crippen LogP contribution in [0.15, 0.2) is 51.2 Å². The van der Waals surface area contributed by atoms with Crippen LogP contribution in [0.25, 0.3) is 10.7 Å². The minimum absolute atomic E-state index is 0.0906. The zero-order valence-electron chi connectivity index (χ0n) is 18.1. The maximum Gasteiger partial charge on any atom is 0.246 e. The molecule has 1 saturated heterocycles. The molecule has 0 N–H and O–H groups in total. The number of sulfonamides is 1. The van der Waals surface area contributed by atoms with Crippen molar-refractivity contribution in [2.45, 2.75) is 38.1 Å². The molecule has 0 spiro atoms. The Morgan fingerprint density at radius 1 is 1.28 bits per heavy atom. The molecule has 0 radical (unpaired) electrons. The molecule has 10 heteroatoms. The zero-order chi connectivity index (χ0) is 22.7. The number of aryl methyl sites for hydroxylation is 1. The van der Waals surface area contributed by atoms with Crippen LogP contribution in [0.3, 0.4) is 0 Å². The van der Waals surface area contributed by atoms with Crippen LogP contribution >= 0.6 is 11.3 Å². The highest BCUT2D eigenvalue weighted by atomic mass is 32.2. The zero-order valence-corrected chi connectivity index (χ0v) is 19.7. The standard InChI is InChI=1S/C22H26N4O4S2/c1-3-25(15-20-23-21(24-30-20)19-7-5-13-31-19)22(27)17-6-4-12-26(14-17)32(28,29)18-10-8-16(2)9-11-18/h5,7-11,13,17H,3-4,6,12,14-15H2,1-2H3/t17-/m0/s1. The van der Waals surface area contributed by atoms with Gasteiger partial charge in [0.25, 0.3) is 0 Å². The summed E-state index contributed by atoms with van der Waals surface area (Å²) in [6, 6.07) is 10.6. The molecule has 2 aromatic heterocycles. The van der Waals surface area contributed by atoms with Crippen LogP contribution < -0.4 is 0 Å². The summed E-state index contributed by atoms with van der Waals surface area (Å²) >= 11 is 1.52. The van der Waals surface area contributed by atoms with Crippen LogP contribution in [0.1, 0.15) is 31.2 Å². The highest BCUT2D eigenvalue weighted by Crippen LogP contribution is 2.26. The van der Waals surface area contributed by atoms with Crippen molar-refractivity contribution in [1.29, 1.82) is 0 Å². The average Bonchev–Trinajstić information content (AvgIpc) is 3.49. The Morgan fingerprint density at radius 3 is 2.75 bits per heavy atom. The van der Waals surface area contributed by atoms with Crippen LogP contribution in [0, 0.1) is 12.8 Å². The number of amides is 1. The Hall–Kier alpha value is -2.56. The molecule has 1 fully saturated rings. The molecule has 4 rings (SSSR count). The lowest BCUT2D eigenvalue weighted by molar-refractivity contribution is -0.137. The minimum Gasteiger partial charge on any atom is -0.337 e. The van der Waals surface area contributed by atoms with Crippen molar-refractivity contribution in [2.24, 2.45) is 5.92 Å². The Kier molecular flexibility index (Phi) is 6.73. The van der Waals surface area contributed by atoms with Gasteiger partial charge < -0.3 is 9.42 Å². The molecule has 1 aromatic carbocycles. The second kappa shape index (κ2) is 9.51. The van der Waals surface area contributed by atoms with Crippen LogP contribution in [0.5, 0.6) is 0 Å². The molecule has 3 aromatic rings. The van der Waals surface area contributed by atoms with Gasteiger partial charge in [-0.15, -0.1) is 11.3 Å². The summed E-state index contributed by atoms with van der Waals surface area (Å²) in [5, 5.41) is 5.94. The fraction of sp³-hybridized carbons (Fsp3) is 0.409. The van der Waals surface area contributed by atoms with E-state index in [0.717, 1.165) is 10.4 Å². The van der Waals surface area contributed by atoms with Gasteiger partial charge >= 0.3 is 0 Å². The molecule has 0 bridgehead atoms. The van der Waals surface area contributed by atoms with E-state index in [9.17, 15) is 13.2 Å². The predicted octanol–water partition coefficient (Wildman–Crippen LogP) is 3.56. The SMILES string of the molecule is CCN(Cc1nc(-c2cccs2)no1)C(=O)[C@H]1CCCN(S(=O)(=O)c2ccc(C)cc2)C1. The van der Waals surface area contributed by atoms with Crippen molar-refractivity contribution in [1.82, 2.24) is 19.3 Å². The van der Waals surface area contributed by atoms with Gasteiger partial charge in [0.15, 0.2) is 0 Å². The van der Waals surface area contributed by atoms with Crippen molar-refractivity contribution >= 4 is 27.3 Å². The van der Waals surface area contributed by atoms with Gasteiger partial charge in [0.2, 0.25) is 27.6 Å². The first-order chi connectivity index (χ1) is 15.4. The third kappa shape index (κ3) is 4.77. The highest BCUT2D eigenvalue weighted by molar-refractivity contribution is 7.89. The largest absolute Gasteiger partial charge is 0.337 e. The normalized spacial score (nSPS) is 17.4. The minimum atomic E-state index is -3.64. The first kappa shape index (κ1) is 22.6. The van der Waals surface area contributed by atoms with Crippen molar-refractivity contribution in [3.8, 4) is 10.7 Å². The first-order valence-corrected chi connectivity index (χ1v) is 12.9. The van der Waals surface area contributed by atoms with Crippen molar-refractivity contribution in [2.75, 3.05) is 19.6 Å². The van der Waals surface area contributed by atoms with E-state index in [-0.39, 0.29) is 23.9 Å². The second-order valence-electron chi connectivity index (χ2n) is 7.86. The summed E-state index contributed by atoms with van der Waals surface area (Å²) in [5.41, 5.74) is 0.998. The Labute approximate surface area is 191 Å². The molecular formula is C22H26N4O4S2. The van der Waals surface area contributed by atoms with Crippen LogP contribution in [0.2, 0.25) is 0 Å². The molecule has 1 atom stereocenters. The van der Waals surface area contributed by atoms with Gasteiger partial charge in [-0.3, -0.25) is 4.79 Å². The average molecular weight is 475 g/mol. The third-order valence-electron chi connectivity index (χ3n) is 5.62. The lowest BCUT2D eigenvalue weighted by Gasteiger charge is -2.33. The topological polar surface area (TPSA) is 96.6 Å². The van der Waals surface area contributed by atoms with Gasteiger partial charge in [0.05, 0.1) is 22.2 Å². The molecule has 1 amide bonds. The van der Waals surface area contributed by atoms with Gasteiger partial charge in [-0.05, 0) is 50.3 Å². The summed E-state index contributed by atoms with van der Waals surface area (Å²) in [6.07, 6.45) is 1.29. The van der Waals surface area contributed by atoms with E-state index in [4.69, 9.17) is 4.52 Å². The van der Waals surface area contributed by atoms with E-state index in [0.29, 0.717) is 37.6 Å². The Balaban J connectivity index is 1.45. The Morgan fingerprint density at radius 2 is 2.06 bits per heavy atom. The number of thiophene rings is 1. The number of hydrogen-bond acceptors (Lipinski definition) is 7. The molecule has 32 heavy (non-hydrogen) atoms. The monoisotopic (exact) mass is 474 g/mol. The molecule has 0 saturated carbocycles. The fourth-order valence-corrected chi connectivity index (χ4v) is 5.99.